The summed E-state index contributed by atoms with van der Waals surface area (Å²) in [5.41, 5.74) is 1.62. The van der Waals surface area contributed by atoms with E-state index in [1.165, 1.54) is 0 Å². The summed E-state index contributed by atoms with van der Waals surface area (Å²) in [6.45, 7) is 3.67. The van der Waals surface area contributed by atoms with E-state index in [1.807, 2.05) is 54.6 Å². The molecule has 0 bridgehead atoms. The molecule has 0 spiro atoms. The van der Waals surface area contributed by atoms with Crippen molar-refractivity contribution in [3.05, 3.63) is 65.7 Å². The van der Waals surface area contributed by atoms with Gasteiger partial charge in [-0.3, -0.25) is 9.59 Å². The van der Waals surface area contributed by atoms with E-state index in [9.17, 15) is 9.59 Å². The lowest BCUT2D eigenvalue weighted by atomic mass is 9.87. The van der Waals surface area contributed by atoms with E-state index in [2.05, 4.69) is 12.2 Å². The maximum absolute atomic E-state index is 13.0. The molecule has 2 aromatic carbocycles. The van der Waals surface area contributed by atoms with Crippen molar-refractivity contribution in [2.45, 2.75) is 25.7 Å². The highest BCUT2D eigenvalue weighted by Crippen LogP contribution is 2.38. The number of rotatable bonds is 7. The second-order valence-corrected chi connectivity index (χ2v) is 7.18. The van der Waals surface area contributed by atoms with Crippen LogP contribution in [0.15, 0.2) is 54.6 Å². The zero-order chi connectivity index (χ0) is 19.9. The maximum atomic E-state index is 13.0. The Labute approximate surface area is 166 Å². The third-order valence-corrected chi connectivity index (χ3v) is 5.33. The van der Waals surface area contributed by atoms with E-state index in [1.54, 1.807) is 12.0 Å². The molecule has 2 unspecified atom stereocenters. The lowest BCUT2D eigenvalue weighted by molar-refractivity contribution is -0.124. The highest BCUT2D eigenvalue weighted by atomic mass is 16.5. The first-order valence-electron chi connectivity index (χ1n) is 9.90. The van der Waals surface area contributed by atoms with E-state index >= 15 is 0 Å². The minimum absolute atomic E-state index is 0.00715. The fourth-order valence-corrected chi connectivity index (χ4v) is 3.81. The number of ether oxygens (including phenoxy) is 1. The summed E-state index contributed by atoms with van der Waals surface area (Å²) >= 11 is 0. The number of methoxy groups -OCH3 is 1. The van der Waals surface area contributed by atoms with Crippen LogP contribution >= 0.6 is 0 Å². The molecule has 1 heterocycles. The fraction of sp³-hybridized carbons (Fsp3) is 0.391. The molecule has 2 amide bonds. The number of benzene rings is 2. The number of likely N-dealkylation sites (tertiary alicyclic amines) is 1. The summed E-state index contributed by atoms with van der Waals surface area (Å²) in [4.78, 5) is 27.7. The molecule has 148 valence electrons. The van der Waals surface area contributed by atoms with Gasteiger partial charge >= 0.3 is 0 Å². The topological polar surface area (TPSA) is 58.6 Å². The third kappa shape index (κ3) is 4.35. The summed E-state index contributed by atoms with van der Waals surface area (Å²) in [5.74, 6) is 0.344. The van der Waals surface area contributed by atoms with Gasteiger partial charge in [-0.15, -0.1) is 0 Å². The molecule has 2 aromatic rings. The molecule has 0 aliphatic carbocycles. The number of hydrogen-bond donors (Lipinski definition) is 1. The number of para-hydroxylation sites is 1. The standard InChI is InChI=1S/C23H28N2O3/c1-3-4-14-24-22(26)20-16-25(23(27)17-10-6-5-7-11-17)15-19(20)18-12-8-9-13-21(18)28-2/h5-13,19-20H,3-4,14-16H2,1-2H3,(H,24,26). The van der Waals surface area contributed by atoms with Crippen LogP contribution in [0.5, 0.6) is 5.75 Å². The summed E-state index contributed by atoms with van der Waals surface area (Å²) in [7, 11) is 1.64. The average Bonchev–Trinajstić information content (AvgIpc) is 3.19. The van der Waals surface area contributed by atoms with Crippen LogP contribution in [0.1, 0.15) is 41.6 Å². The Morgan fingerprint density at radius 3 is 2.50 bits per heavy atom. The Balaban J connectivity index is 1.86. The van der Waals surface area contributed by atoms with Crippen molar-refractivity contribution in [1.82, 2.24) is 10.2 Å². The molecule has 1 saturated heterocycles. The van der Waals surface area contributed by atoms with Crippen molar-refractivity contribution in [1.29, 1.82) is 0 Å². The number of nitrogens with zero attached hydrogens (tertiary/aromatic N) is 1. The number of carbonyl (C=O) groups excluding carboxylic acids is 2. The highest BCUT2D eigenvalue weighted by Gasteiger charge is 2.41. The second-order valence-electron chi connectivity index (χ2n) is 7.18. The van der Waals surface area contributed by atoms with Gasteiger partial charge in [0, 0.05) is 31.1 Å². The van der Waals surface area contributed by atoms with E-state index < -0.39 is 0 Å². The van der Waals surface area contributed by atoms with Crippen LogP contribution in [0.2, 0.25) is 0 Å². The quantitative estimate of drug-likeness (QED) is 0.749. The normalized spacial score (nSPS) is 18.7. The van der Waals surface area contributed by atoms with Gasteiger partial charge in [0.25, 0.3) is 5.91 Å². The van der Waals surface area contributed by atoms with Crippen LogP contribution in [0.25, 0.3) is 0 Å². The van der Waals surface area contributed by atoms with E-state index in [-0.39, 0.29) is 23.7 Å². The molecule has 5 nitrogen and oxygen atoms in total. The van der Waals surface area contributed by atoms with E-state index in [0.29, 0.717) is 25.2 Å². The monoisotopic (exact) mass is 380 g/mol. The summed E-state index contributed by atoms with van der Waals surface area (Å²) < 4.78 is 5.53. The zero-order valence-corrected chi connectivity index (χ0v) is 16.6. The van der Waals surface area contributed by atoms with Crippen LogP contribution in [0, 0.1) is 5.92 Å². The van der Waals surface area contributed by atoms with Crippen molar-refractivity contribution in [3.8, 4) is 5.75 Å². The number of unbranched alkanes of at least 4 members (excludes halogenated alkanes) is 1. The minimum atomic E-state index is -0.291. The smallest absolute Gasteiger partial charge is 0.253 e. The minimum Gasteiger partial charge on any atom is -0.496 e. The Bertz CT molecular complexity index is 807. The van der Waals surface area contributed by atoms with Crippen LogP contribution in [0.4, 0.5) is 0 Å². The zero-order valence-electron chi connectivity index (χ0n) is 16.6. The largest absolute Gasteiger partial charge is 0.496 e. The van der Waals surface area contributed by atoms with Gasteiger partial charge in [-0.25, -0.2) is 0 Å². The van der Waals surface area contributed by atoms with Crippen molar-refractivity contribution >= 4 is 11.8 Å². The summed E-state index contributed by atoms with van der Waals surface area (Å²) in [5, 5.41) is 3.04. The number of hydrogen-bond acceptors (Lipinski definition) is 3. The van der Waals surface area contributed by atoms with Crippen LogP contribution in [0.3, 0.4) is 0 Å². The third-order valence-electron chi connectivity index (χ3n) is 5.33. The fourth-order valence-electron chi connectivity index (χ4n) is 3.81. The van der Waals surface area contributed by atoms with Gasteiger partial charge in [-0.2, -0.15) is 0 Å². The summed E-state index contributed by atoms with van der Waals surface area (Å²) in [6.07, 6.45) is 1.98. The molecule has 3 rings (SSSR count). The van der Waals surface area contributed by atoms with Crippen molar-refractivity contribution in [3.63, 3.8) is 0 Å². The first-order chi connectivity index (χ1) is 13.7. The number of amides is 2. The van der Waals surface area contributed by atoms with Crippen LogP contribution in [-0.4, -0.2) is 43.5 Å². The summed E-state index contributed by atoms with van der Waals surface area (Å²) in [6, 6.07) is 17.0. The molecule has 0 aromatic heterocycles. The molecule has 0 saturated carbocycles. The van der Waals surface area contributed by atoms with Gasteiger partial charge in [-0.1, -0.05) is 49.7 Å². The first kappa shape index (κ1) is 19.9. The molecule has 2 atom stereocenters. The van der Waals surface area contributed by atoms with E-state index in [0.717, 1.165) is 24.2 Å². The Morgan fingerprint density at radius 2 is 1.79 bits per heavy atom. The maximum Gasteiger partial charge on any atom is 0.253 e. The van der Waals surface area contributed by atoms with Crippen molar-refractivity contribution < 1.29 is 14.3 Å². The lowest BCUT2D eigenvalue weighted by Crippen LogP contribution is -2.36. The highest BCUT2D eigenvalue weighted by molar-refractivity contribution is 5.95. The molecule has 1 aliphatic rings. The molecule has 1 N–H and O–H groups in total. The van der Waals surface area contributed by atoms with Gasteiger partial charge in [0.05, 0.1) is 13.0 Å². The Hall–Kier alpha value is -2.82. The molecule has 28 heavy (non-hydrogen) atoms. The SMILES string of the molecule is CCCCNC(=O)C1CN(C(=O)c2ccccc2)CC1c1ccccc1OC. The van der Waals surface area contributed by atoms with Crippen molar-refractivity contribution in [2.75, 3.05) is 26.7 Å². The molecule has 5 heteroatoms. The van der Waals surface area contributed by atoms with Gasteiger partial charge in [0.2, 0.25) is 5.91 Å². The molecular weight excluding hydrogens is 352 g/mol. The van der Waals surface area contributed by atoms with Gasteiger partial charge < -0.3 is 15.0 Å². The second kappa shape index (κ2) is 9.40. The Kier molecular flexibility index (Phi) is 6.69. The van der Waals surface area contributed by atoms with Crippen LogP contribution in [-0.2, 0) is 4.79 Å². The first-order valence-corrected chi connectivity index (χ1v) is 9.90. The van der Waals surface area contributed by atoms with E-state index in [4.69, 9.17) is 4.74 Å². The molecule has 1 aliphatic heterocycles. The molecule has 0 radical (unpaired) electrons. The predicted molar refractivity (Wildman–Crippen MR) is 109 cm³/mol. The van der Waals surface area contributed by atoms with Gasteiger partial charge in [0.15, 0.2) is 0 Å². The van der Waals surface area contributed by atoms with Crippen molar-refractivity contribution in [2.24, 2.45) is 5.92 Å². The number of carbonyl (C=O) groups is 2. The molecular formula is C23H28N2O3. The number of nitrogens with one attached hydrogen (secondary N) is 1. The molecule has 1 fully saturated rings. The Morgan fingerprint density at radius 1 is 1.07 bits per heavy atom. The van der Waals surface area contributed by atoms with Crippen LogP contribution < -0.4 is 10.1 Å². The average molecular weight is 380 g/mol. The predicted octanol–water partition coefficient (Wildman–Crippen LogP) is 3.47. The van der Waals surface area contributed by atoms with Gasteiger partial charge in [0.1, 0.15) is 5.75 Å². The lowest BCUT2D eigenvalue weighted by Gasteiger charge is -2.20. The van der Waals surface area contributed by atoms with Gasteiger partial charge in [-0.05, 0) is 30.2 Å².